The molecule has 2 aliphatic rings. The number of aliphatic hydroxyl groups is 1. The smallest absolute Gasteiger partial charge is 0.338 e. The highest BCUT2D eigenvalue weighted by Crippen LogP contribution is 2.48. The molecule has 4 atom stereocenters. The van der Waals surface area contributed by atoms with Gasteiger partial charge in [-0.05, 0) is 36.6 Å². The Kier molecular flexibility index (Phi) is 9.85. The van der Waals surface area contributed by atoms with Gasteiger partial charge in [0, 0.05) is 17.3 Å². The maximum Gasteiger partial charge on any atom is 0.338 e. The zero-order valence-electron chi connectivity index (χ0n) is 28.1. The molecule has 2 aliphatic heterocycles. The zero-order valence-corrected chi connectivity index (χ0v) is 28.1. The van der Waals surface area contributed by atoms with Crippen molar-refractivity contribution in [2.75, 3.05) is 20.8 Å². The standard InChI is InChI=1S/C39H40N4O7/c1-26(44)34-32(45)24-30(43(34)42-23-22-38(40,41-37(42)47)36(46)27-14-7-4-8-15-27)25-50-39(28-16-9-5-10-17-28,29-18-11-6-12-19-29)31-20-13-21-33(48-2)35(31)49-3/h4-23,30,32,34,45H,24-25,40H2,1-3H3,(H,41,47). The van der Waals surface area contributed by atoms with Gasteiger partial charge in [0.25, 0.3) is 0 Å². The Morgan fingerprint density at radius 2 is 1.50 bits per heavy atom. The summed E-state index contributed by atoms with van der Waals surface area (Å²) in [5.41, 5.74) is 5.88. The Bertz CT molecular complexity index is 1830. The van der Waals surface area contributed by atoms with Crippen LogP contribution in [0.3, 0.4) is 0 Å². The fourth-order valence-corrected chi connectivity index (χ4v) is 6.96. The van der Waals surface area contributed by atoms with Crippen LogP contribution in [0.4, 0.5) is 4.79 Å². The van der Waals surface area contributed by atoms with Crippen LogP contribution in [0.1, 0.15) is 40.4 Å². The molecule has 0 bridgehead atoms. The molecule has 4 N–H and O–H groups in total. The van der Waals surface area contributed by atoms with E-state index < -0.39 is 41.3 Å². The van der Waals surface area contributed by atoms with E-state index in [2.05, 4.69) is 5.32 Å². The van der Waals surface area contributed by atoms with Crippen LogP contribution in [-0.2, 0) is 15.1 Å². The number of hydrogen-bond donors (Lipinski definition) is 3. The number of nitrogens with two attached hydrogens (primary N) is 1. The number of carbonyl (C=O) groups excluding carboxylic acids is 3. The Morgan fingerprint density at radius 3 is 2.04 bits per heavy atom. The minimum atomic E-state index is -1.83. The average Bonchev–Trinajstić information content (AvgIpc) is 3.48. The first kappa shape index (κ1) is 34.5. The molecule has 6 rings (SSSR count). The van der Waals surface area contributed by atoms with Gasteiger partial charge in [0.15, 0.2) is 22.9 Å². The molecule has 0 aliphatic carbocycles. The summed E-state index contributed by atoms with van der Waals surface area (Å²) in [6.45, 7) is 1.31. The zero-order chi connectivity index (χ0) is 35.5. The van der Waals surface area contributed by atoms with E-state index in [4.69, 9.17) is 19.9 Å². The van der Waals surface area contributed by atoms with E-state index in [1.807, 2.05) is 72.8 Å². The minimum Gasteiger partial charge on any atom is -0.493 e. The van der Waals surface area contributed by atoms with Crippen LogP contribution in [-0.4, -0.2) is 77.4 Å². The number of urea groups is 1. The van der Waals surface area contributed by atoms with Gasteiger partial charge in [-0.2, -0.15) is 5.01 Å². The SMILES string of the molecule is COc1cccc(C(OCC2CC(O)C(C(C)=O)N2N2C=CC(N)(C(=O)c3ccccc3)NC2=O)(c2ccccc2)c2ccccc2)c1OC. The molecular weight excluding hydrogens is 636 g/mol. The molecule has 2 amide bonds. The third-order valence-corrected chi connectivity index (χ3v) is 9.25. The molecule has 1 saturated heterocycles. The Labute approximate surface area is 290 Å². The monoisotopic (exact) mass is 676 g/mol. The first-order valence-electron chi connectivity index (χ1n) is 16.3. The highest BCUT2D eigenvalue weighted by Gasteiger charge is 2.51. The van der Waals surface area contributed by atoms with Crippen LogP contribution in [0.25, 0.3) is 0 Å². The van der Waals surface area contributed by atoms with Crippen molar-refractivity contribution < 1.29 is 33.7 Å². The molecule has 0 radical (unpaired) electrons. The Morgan fingerprint density at radius 1 is 0.900 bits per heavy atom. The first-order valence-corrected chi connectivity index (χ1v) is 16.3. The summed E-state index contributed by atoms with van der Waals surface area (Å²) < 4.78 is 18.8. The summed E-state index contributed by atoms with van der Waals surface area (Å²) >= 11 is 0. The van der Waals surface area contributed by atoms with Crippen LogP contribution < -0.4 is 20.5 Å². The molecule has 0 spiro atoms. The number of carbonyl (C=O) groups is 3. The lowest BCUT2D eigenvalue weighted by atomic mass is 9.79. The summed E-state index contributed by atoms with van der Waals surface area (Å²) in [7, 11) is 3.13. The maximum atomic E-state index is 13.8. The number of methoxy groups -OCH3 is 2. The van der Waals surface area contributed by atoms with Crippen molar-refractivity contribution in [3.63, 3.8) is 0 Å². The lowest BCUT2D eigenvalue weighted by molar-refractivity contribution is -0.131. The number of amides is 2. The summed E-state index contributed by atoms with van der Waals surface area (Å²) in [6, 6.07) is 30.8. The Balaban J connectivity index is 1.43. The topological polar surface area (TPSA) is 144 Å². The predicted molar refractivity (Wildman–Crippen MR) is 186 cm³/mol. The van der Waals surface area contributed by atoms with Gasteiger partial charge < -0.3 is 24.6 Å². The van der Waals surface area contributed by atoms with E-state index in [0.717, 1.165) is 11.1 Å². The van der Waals surface area contributed by atoms with Gasteiger partial charge in [0.2, 0.25) is 5.78 Å². The highest BCUT2D eigenvalue weighted by atomic mass is 16.5. The molecule has 4 unspecified atom stereocenters. The van der Waals surface area contributed by atoms with E-state index in [9.17, 15) is 19.5 Å². The van der Waals surface area contributed by atoms with Crippen molar-refractivity contribution in [3.8, 4) is 11.5 Å². The van der Waals surface area contributed by atoms with E-state index in [0.29, 0.717) is 22.6 Å². The van der Waals surface area contributed by atoms with Gasteiger partial charge in [-0.3, -0.25) is 15.3 Å². The molecule has 11 heteroatoms. The average molecular weight is 677 g/mol. The van der Waals surface area contributed by atoms with E-state index in [-0.39, 0.29) is 18.8 Å². The number of para-hydroxylation sites is 1. The van der Waals surface area contributed by atoms with Gasteiger partial charge in [0.1, 0.15) is 11.6 Å². The van der Waals surface area contributed by atoms with Crippen LogP contribution in [0.5, 0.6) is 11.5 Å². The molecule has 4 aromatic rings. The number of Topliss-reactive ketones (excluding diaryl/α,β-unsaturated/α-hetero) is 2. The number of rotatable bonds is 12. The number of aliphatic hydroxyl groups excluding tert-OH is 1. The quantitative estimate of drug-likeness (QED) is 0.147. The number of nitrogens with zero attached hydrogens (tertiary/aromatic N) is 2. The number of ether oxygens (including phenoxy) is 3. The van der Waals surface area contributed by atoms with E-state index in [1.54, 1.807) is 50.6 Å². The number of ketones is 2. The number of hydrogen-bond acceptors (Lipinski definition) is 9. The largest absolute Gasteiger partial charge is 0.493 e. The van der Waals surface area contributed by atoms with Crippen molar-refractivity contribution >= 4 is 17.6 Å². The minimum absolute atomic E-state index is 0.0562. The summed E-state index contributed by atoms with van der Waals surface area (Å²) in [5, 5.41) is 16.6. The van der Waals surface area contributed by atoms with Gasteiger partial charge >= 0.3 is 6.03 Å². The molecule has 11 nitrogen and oxygen atoms in total. The van der Waals surface area contributed by atoms with Gasteiger partial charge in [-0.1, -0.05) is 103 Å². The van der Waals surface area contributed by atoms with E-state index in [1.165, 1.54) is 29.2 Å². The van der Waals surface area contributed by atoms with Crippen LogP contribution in [0.2, 0.25) is 0 Å². The lowest BCUT2D eigenvalue weighted by Gasteiger charge is -2.43. The molecule has 1 fully saturated rings. The van der Waals surface area contributed by atoms with Gasteiger partial charge in [-0.25, -0.2) is 9.80 Å². The highest BCUT2D eigenvalue weighted by molar-refractivity contribution is 6.06. The lowest BCUT2D eigenvalue weighted by Crippen LogP contribution is -2.68. The summed E-state index contributed by atoms with van der Waals surface area (Å²) in [6.07, 6.45) is 1.73. The van der Waals surface area contributed by atoms with Crippen LogP contribution in [0.15, 0.2) is 121 Å². The second-order valence-electron chi connectivity index (χ2n) is 12.3. The normalized spacial score (nSPS) is 22.2. The maximum absolute atomic E-state index is 13.8. The molecule has 2 heterocycles. The molecule has 50 heavy (non-hydrogen) atoms. The van der Waals surface area contributed by atoms with E-state index >= 15 is 0 Å². The van der Waals surface area contributed by atoms with Crippen LogP contribution >= 0.6 is 0 Å². The van der Waals surface area contributed by atoms with Gasteiger partial charge in [-0.15, -0.1) is 0 Å². The Hall–Kier alpha value is -5.33. The predicted octanol–water partition coefficient (Wildman–Crippen LogP) is 4.40. The van der Waals surface area contributed by atoms with Crippen molar-refractivity contribution in [2.45, 2.75) is 42.8 Å². The second-order valence-corrected chi connectivity index (χ2v) is 12.3. The molecule has 0 saturated carbocycles. The van der Waals surface area contributed by atoms with Gasteiger partial charge in [0.05, 0.1) is 33.0 Å². The van der Waals surface area contributed by atoms with Crippen molar-refractivity contribution in [2.24, 2.45) is 5.73 Å². The summed E-state index contributed by atoms with van der Waals surface area (Å²) in [4.78, 5) is 40.2. The van der Waals surface area contributed by atoms with Crippen molar-refractivity contribution in [3.05, 3.63) is 144 Å². The summed E-state index contributed by atoms with van der Waals surface area (Å²) in [5.74, 6) is 0.116. The number of benzene rings is 4. The van der Waals surface area contributed by atoms with Crippen LogP contribution in [0, 0.1) is 0 Å². The number of nitrogens with one attached hydrogen (secondary N) is 1. The second kappa shape index (κ2) is 14.3. The van der Waals surface area contributed by atoms with Crippen molar-refractivity contribution in [1.29, 1.82) is 0 Å². The fraction of sp³-hybridized carbons (Fsp3) is 0.256. The molecular formula is C39H40N4O7. The molecule has 0 aromatic heterocycles. The van der Waals surface area contributed by atoms with Crippen molar-refractivity contribution in [1.82, 2.24) is 15.3 Å². The molecule has 258 valence electrons. The molecule has 4 aromatic carbocycles. The fourth-order valence-electron chi connectivity index (χ4n) is 6.96. The third-order valence-electron chi connectivity index (χ3n) is 9.25. The first-order chi connectivity index (χ1) is 24.1. The third kappa shape index (κ3) is 6.16. The number of hydrazine groups is 1.